The minimum Gasteiger partial charge on any atom is -0.481 e. The fraction of sp³-hybridized carbons (Fsp3) is 0.385. The summed E-state index contributed by atoms with van der Waals surface area (Å²) in [6, 6.07) is 13.7. The topological polar surface area (TPSA) is 134 Å². The largest absolute Gasteiger partial charge is 0.481 e. The van der Waals surface area contributed by atoms with E-state index in [9.17, 15) is 24.3 Å². The summed E-state index contributed by atoms with van der Waals surface area (Å²) < 4.78 is 5.56. The fourth-order valence-corrected chi connectivity index (χ4v) is 4.69. The van der Waals surface area contributed by atoms with Crippen LogP contribution in [0.15, 0.2) is 48.5 Å². The molecule has 9 nitrogen and oxygen atoms in total. The van der Waals surface area contributed by atoms with Crippen molar-refractivity contribution in [1.29, 1.82) is 0 Å². The van der Waals surface area contributed by atoms with E-state index in [2.05, 4.69) is 16.0 Å². The Balaban J connectivity index is 1.44. The van der Waals surface area contributed by atoms with Gasteiger partial charge in [0.1, 0.15) is 24.6 Å². The quantitative estimate of drug-likeness (QED) is 0.502. The van der Waals surface area contributed by atoms with Crippen LogP contribution in [0.5, 0.6) is 0 Å². The number of aliphatic carboxylic acids is 1. The highest BCUT2D eigenvalue weighted by atomic mass is 16.5. The molecule has 1 fully saturated rings. The lowest BCUT2D eigenvalue weighted by Gasteiger charge is -2.31. The summed E-state index contributed by atoms with van der Waals surface area (Å²) in [6.45, 7) is 5.28. The van der Waals surface area contributed by atoms with Crippen LogP contribution in [0, 0.1) is 11.3 Å². The zero-order valence-corrected chi connectivity index (χ0v) is 19.8. The smallest absolute Gasteiger partial charge is 0.407 e. The number of nitrogens with one attached hydrogen (secondary N) is 3. The van der Waals surface area contributed by atoms with Gasteiger partial charge in [0.2, 0.25) is 11.8 Å². The highest BCUT2D eigenvalue weighted by molar-refractivity contribution is 5.96. The molecule has 4 N–H and O–H groups in total. The van der Waals surface area contributed by atoms with Crippen molar-refractivity contribution in [3.05, 3.63) is 59.7 Å². The number of alkyl carbamates (subject to hydrolysis) is 1. The van der Waals surface area contributed by atoms with Gasteiger partial charge in [0.25, 0.3) is 0 Å². The van der Waals surface area contributed by atoms with Crippen molar-refractivity contribution in [2.45, 2.75) is 38.8 Å². The molecule has 0 spiro atoms. The van der Waals surface area contributed by atoms with E-state index in [4.69, 9.17) is 4.74 Å². The first kappa shape index (κ1) is 24.3. The number of carboxylic acids is 1. The minimum absolute atomic E-state index is 0.0703. The molecule has 1 heterocycles. The average Bonchev–Trinajstić information content (AvgIpc) is 3.33. The molecule has 1 aliphatic carbocycles. The van der Waals surface area contributed by atoms with Crippen LogP contribution in [0.3, 0.4) is 0 Å². The molecule has 184 valence electrons. The van der Waals surface area contributed by atoms with Gasteiger partial charge in [0.05, 0.1) is 0 Å². The molecule has 3 atom stereocenters. The van der Waals surface area contributed by atoms with Crippen molar-refractivity contribution in [3.63, 3.8) is 0 Å². The van der Waals surface area contributed by atoms with Gasteiger partial charge >= 0.3 is 12.1 Å². The lowest BCUT2D eigenvalue weighted by molar-refractivity contribution is -0.143. The second-order valence-electron chi connectivity index (χ2n) is 9.95. The average molecular weight is 480 g/mol. The highest BCUT2D eigenvalue weighted by Gasteiger charge is 2.43. The third-order valence-electron chi connectivity index (χ3n) is 6.53. The molecule has 3 amide bonds. The predicted molar refractivity (Wildman–Crippen MR) is 128 cm³/mol. The Morgan fingerprint density at radius 1 is 1.06 bits per heavy atom. The SMILES string of the molecule is CC(C)(C)C(NC(=O)OCC1c2ccccc2-c2ccccc21)C(=O)NC1C(=O)NCC1C(=O)O. The Kier molecular flexibility index (Phi) is 6.51. The van der Waals surface area contributed by atoms with Gasteiger partial charge in [-0.1, -0.05) is 69.3 Å². The van der Waals surface area contributed by atoms with Gasteiger partial charge in [-0.3, -0.25) is 14.4 Å². The molecule has 1 saturated heterocycles. The fourth-order valence-electron chi connectivity index (χ4n) is 4.69. The molecule has 9 heteroatoms. The number of carbonyl (C=O) groups is 4. The van der Waals surface area contributed by atoms with Crippen molar-refractivity contribution in [2.75, 3.05) is 13.2 Å². The third kappa shape index (κ3) is 4.84. The van der Waals surface area contributed by atoms with Crippen molar-refractivity contribution >= 4 is 23.9 Å². The zero-order valence-electron chi connectivity index (χ0n) is 19.8. The van der Waals surface area contributed by atoms with Gasteiger partial charge < -0.3 is 25.8 Å². The number of amides is 3. The standard InChI is InChI=1S/C26H29N3O6/c1-26(2,3)21(23(31)28-20-18(24(32)33)12-27-22(20)30)29-25(34)35-13-19-16-10-6-4-8-14(16)15-9-5-7-11-17(15)19/h4-11,18-21H,12-13H2,1-3H3,(H,27,30)(H,28,31)(H,29,34)(H,32,33). The van der Waals surface area contributed by atoms with Crippen molar-refractivity contribution in [2.24, 2.45) is 11.3 Å². The van der Waals surface area contributed by atoms with Crippen LogP contribution < -0.4 is 16.0 Å². The summed E-state index contributed by atoms with van der Waals surface area (Å²) in [5.74, 6) is -3.63. The van der Waals surface area contributed by atoms with E-state index in [1.165, 1.54) is 0 Å². The van der Waals surface area contributed by atoms with Gasteiger partial charge in [0.15, 0.2) is 0 Å². The molecule has 1 aliphatic heterocycles. The predicted octanol–water partition coefficient (Wildman–Crippen LogP) is 2.26. The van der Waals surface area contributed by atoms with Crippen LogP contribution >= 0.6 is 0 Å². The number of benzene rings is 2. The van der Waals surface area contributed by atoms with Crippen LogP contribution in [-0.2, 0) is 19.1 Å². The van der Waals surface area contributed by atoms with Crippen molar-refractivity contribution in [3.8, 4) is 11.1 Å². The number of hydrogen-bond donors (Lipinski definition) is 4. The summed E-state index contributed by atoms with van der Waals surface area (Å²) in [6.07, 6.45) is -0.771. The number of ether oxygens (including phenoxy) is 1. The van der Waals surface area contributed by atoms with E-state index in [1.54, 1.807) is 20.8 Å². The van der Waals surface area contributed by atoms with E-state index in [0.717, 1.165) is 22.3 Å². The summed E-state index contributed by atoms with van der Waals surface area (Å²) in [4.78, 5) is 49.3. The van der Waals surface area contributed by atoms with Gasteiger partial charge in [-0.25, -0.2) is 4.79 Å². The molecular formula is C26H29N3O6. The first-order valence-corrected chi connectivity index (χ1v) is 11.5. The second kappa shape index (κ2) is 9.40. The summed E-state index contributed by atoms with van der Waals surface area (Å²) in [5, 5.41) is 16.9. The Hall–Kier alpha value is -3.88. The molecule has 2 aliphatic rings. The van der Waals surface area contributed by atoms with E-state index in [-0.39, 0.29) is 19.1 Å². The molecule has 2 aromatic carbocycles. The maximum Gasteiger partial charge on any atom is 0.407 e. The molecule has 0 aromatic heterocycles. The van der Waals surface area contributed by atoms with E-state index in [1.807, 2.05) is 48.5 Å². The van der Waals surface area contributed by atoms with Crippen LogP contribution in [0.2, 0.25) is 0 Å². The normalized spacial score (nSPS) is 19.8. The minimum atomic E-state index is -1.21. The van der Waals surface area contributed by atoms with E-state index >= 15 is 0 Å². The maximum absolute atomic E-state index is 13.0. The maximum atomic E-state index is 13.0. The molecular weight excluding hydrogens is 450 g/mol. The van der Waals surface area contributed by atoms with E-state index < -0.39 is 47.3 Å². The number of carbonyl (C=O) groups excluding carboxylic acids is 3. The Bertz CT molecular complexity index is 1130. The number of fused-ring (bicyclic) bond motifs is 3. The zero-order chi connectivity index (χ0) is 25.3. The number of hydrogen-bond acceptors (Lipinski definition) is 5. The Morgan fingerprint density at radius 2 is 1.63 bits per heavy atom. The van der Waals surface area contributed by atoms with Crippen LogP contribution in [0.25, 0.3) is 11.1 Å². The Morgan fingerprint density at radius 3 is 2.17 bits per heavy atom. The van der Waals surface area contributed by atoms with Crippen LogP contribution in [0.4, 0.5) is 4.79 Å². The van der Waals surface area contributed by atoms with Gasteiger partial charge in [-0.15, -0.1) is 0 Å². The van der Waals surface area contributed by atoms with Crippen LogP contribution in [-0.4, -0.2) is 54.2 Å². The molecule has 0 saturated carbocycles. The van der Waals surface area contributed by atoms with Gasteiger partial charge in [-0.05, 0) is 27.7 Å². The summed E-state index contributed by atoms with van der Waals surface area (Å²) >= 11 is 0. The Labute approximate surface area is 203 Å². The molecule has 0 radical (unpaired) electrons. The monoisotopic (exact) mass is 479 g/mol. The molecule has 2 aromatic rings. The van der Waals surface area contributed by atoms with Crippen molar-refractivity contribution in [1.82, 2.24) is 16.0 Å². The highest BCUT2D eigenvalue weighted by Crippen LogP contribution is 2.44. The van der Waals surface area contributed by atoms with Gasteiger partial charge in [0, 0.05) is 12.5 Å². The van der Waals surface area contributed by atoms with Crippen LogP contribution in [0.1, 0.15) is 37.8 Å². The first-order chi connectivity index (χ1) is 16.6. The van der Waals surface area contributed by atoms with Crippen molar-refractivity contribution < 1.29 is 29.0 Å². The molecule has 0 bridgehead atoms. The molecule has 35 heavy (non-hydrogen) atoms. The first-order valence-electron chi connectivity index (χ1n) is 11.5. The van der Waals surface area contributed by atoms with E-state index in [0.29, 0.717) is 0 Å². The lowest BCUT2D eigenvalue weighted by Crippen LogP contribution is -2.57. The third-order valence-corrected chi connectivity index (χ3v) is 6.53. The van der Waals surface area contributed by atoms with Gasteiger partial charge in [-0.2, -0.15) is 0 Å². The molecule has 4 rings (SSSR count). The number of carboxylic acid groups (broad SMARTS) is 1. The lowest BCUT2D eigenvalue weighted by atomic mass is 9.86. The number of rotatable bonds is 6. The summed E-state index contributed by atoms with van der Waals surface area (Å²) in [7, 11) is 0. The second-order valence-corrected chi connectivity index (χ2v) is 9.95. The molecule has 3 unspecified atom stereocenters. The summed E-state index contributed by atoms with van der Waals surface area (Å²) in [5.41, 5.74) is 3.61.